The summed E-state index contributed by atoms with van der Waals surface area (Å²) in [5.74, 6) is -1.92. The fraction of sp³-hybridized carbons (Fsp3) is 0.500. The van der Waals surface area contributed by atoms with Gasteiger partial charge in [0, 0.05) is 18.5 Å². The lowest BCUT2D eigenvalue weighted by molar-refractivity contribution is 0.108. The van der Waals surface area contributed by atoms with E-state index in [-0.39, 0.29) is 23.0 Å². The minimum atomic E-state index is -1.80. The van der Waals surface area contributed by atoms with E-state index in [1.54, 1.807) is 13.8 Å². The molecule has 1 unspecified atom stereocenters. The van der Waals surface area contributed by atoms with Crippen LogP contribution in [0, 0.1) is 17.6 Å². The van der Waals surface area contributed by atoms with Crippen molar-refractivity contribution < 1.29 is 13.2 Å². The third-order valence-corrected chi connectivity index (χ3v) is 3.60. The van der Waals surface area contributed by atoms with E-state index < -0.39 is 23.2 Å². The van der Waals surface area contributed by atoms with E-state index in [9.17, 15) is 13.2 Å². The summed E-state index contributed by atoms with van der Waals surface area (Å²) in [5.41, 5.74) is 3.30. The van der Waals surface area contributed by atoms with Gasteiger partial charge in [-0.1, -0.05) is 13.8 Å². The molecule has 1 aromatic carbocycles. The van der Waals surface area contributed by atoms with Crippen molar-refractivity contribution in [3.63, 3.8) is 0 Å². The first-order chi connectivity index (χ1) is 7.81. The van der Waals surface area contributed by atoms with Gasteiger partial charge in [0.15, 0.2) is 0 Å². The molecule has 2 N–H and O–H groups in total. The lowest BCUT2D eigenvalue weighted by Gasteiger charge is -2.28. The molecule has 5 heteroatoms. The van der Waals surface area contributed by atoms with Crippen LogP contribution in [0.5, 0.6) is 0 Å². The van der Waals surface area contributed by atoms with Gasteiger partial charge in [-0.3, -0.25) is 0 Å². The second-order valence-electron chi connectivity index (χ2n) is 4.39. The second-order valence-corrected chi connectivity index (χ2v) is 5.25. The molecule has 0 bridgehead atoms. The van der Waals surface area contributed by atoms with Crippen molar-refractivity contribution in [1.82, 2.24) is 0 Å². The number of nitrogens with two attached hydrogens (primary N) is 1. The van der Waals surface area contributed by atoms with Gasteiger partial charge in [-0.25, -0.2) is 13.2 Å². The van der Waals surface area contributed by atoms with Gasteiger partial charge in [-0.2, -0.15) is 0 Å². The normalized spacial score (nSPS) is 15.1. The molecule has 0 amide bonds. The van der Waals surface area contributed by atoms with Crippen molar-refractivity contribution in [2.24, 2.45) is 11.7 Å². The third kappa shape index (κ3) is 3.01. The van der Waals surface area contributed by atoms with Crippen molar-refractivity contribution in [3.05, 3.63) is 33.8 Å². The average Bonchev–Trinajstić information content (AvgIpc) is 2.29. The molecular formula is C12H15BrF3N. The predicted molar refractivity (Wildman–Crippen MR) is 65.5 cm³/mol. The first-order valence-electron chi connectivity index (χ1n) is 5.33. The molecule has 1 aromatic rings. The summed E-state index contributed by atoms with van der Waals surface area (Å²) < 4.78 is 41.7. The van der Waals surface area contributed by atoms with Gasteiger partial charge in [0.05, 0.1) is 4.47 Å². The van der Waals surface area contributed by atoms with Crippen molar-refractivity contribution in [2.45, 2.75) is 25.9 Å². The van der Waals surface area contributed by atoms with Gasteiger partial charge in [0.25, 0.3) is 0 Å². The Hall–Kier alpha value is -0.550. The first-order valence-corrected chi connectivity index (χ1v) is 6.12. The molecule has 1 nitrogen and oxygen atoms in total. The van der Waals surface area contributed by atoms with Gasteiger partial charge in [-0.05, 0) is 34.0 Å². The Morgan fingerprint density at radius 2 is 1.94 bits per heavy atom. The maximum Gasteiger partial charge on any atom is 0.143 e. The average molecular weight is 310 g/mol. The topological polar surface area (TPSA) is 26.0 Å². The fourth-order valence-corrected chi connectivity index (χ4v) is 1.91. The Labute approximate surface area is 107 Å². The van der Waals surface area contributed by atoms with Crippen LogP contribution in [0.2, 0.25) is 0 Å². The minimum absolute atomic E-state index is 0.122. The zero-order valence-electron chi connectivity index (χ0n) is 9.74. The Morgan fingerprint density at radius 1 is 1.35 bits per heavy atom. The van der Waals surface area contributed by atoms with E-state index in [4.69, 9.17) is 5.73 Å². The maximum absolute atomic E-state index is 14.3. The summed E-state index contributed by atoms with van der Waals surface area (Å²) in [7, 11) is 0. The molecule has 0 radical (unpaired) electrons. The van der Waals surface area contributed by atoms with Gasteiger partial charge in [0.2, 0.25) is 0 Å². The summed E-state index contributed by atoms with van der Waals surface area (Å²) in [5, 5.41) is 0. The smallest absolute Gasteiger partial charge is 0.143 e. The largest absolute Gasteiger partial charge is 0.328 e. The Bertz CT molecular complexity index is 409. The highest BCUT2D eigenvalue weighted by atomic mass is 79.9. The van der Waals surface area contributed by atoms with E-state index in [0.717, 1.165) is 6.07 Å². The summed E-state index contributed by atoms with van der Waals surface area (Å²) in [4.78, 5) is 0. The molecule has 0 heterocycles. The van der Waals surface area contributed by atoms with E-state index in [1.807, 2.05) is 0 Å². The second kappa shape index (κ2) is 5.40. The van der Waals surface area contributed by atoms with E-state index in [1.165, 1.54) is 6.07 Å². The molecule has 17 heavy (non-hydrogen) atoms. The van der Waals surface area contributed by atoms with Gasteiger partial charge < -0.3 is 5.73 Å². The quantitative estimate of drug-likeness (QED) is 0.845. The van der Waals surface area contributed by atoms with Gasteiger partial charge in [0.1, 0.15) is 17.3 Å². The molecular weight excluding hydrogens is 295 g/mol. The standard InChI is InChI=1S/C12H15BrF3N/c1-7(2)12(16,6-17)5-8-10(14)4-3-9(13)11(8)15/h3-4,7H,5-6,17H2,1-2H3. The number of hydrogen-bond donors (Lipinski definition) is 1. The predicted octanol–water partition coefficient (Wildman–Crippen LogP) is 3.59. The Kier molecular flexibility index (Phi) is 4.61. The van der Waals surface area contributed by atoms with Crippen LogP contribution in [0.15, 0.2) is 16.6 Å². The zero-order valence-corrected chi connectivity index (χ0v) is 11.3. The molecule has 96 valence electrons. The Balaban J connectivity index is 3.14. The summed E-state index contributed by atoms with van der Waals surface area (Å²) in [6.07, 6.45) is -0.363. The van der Waals surface area contributed by atoms with Gasteiger partial charge in [-0.15, -0.1) is 0 Å². The molecule has 0 spiro atoms. The highest BCUT2D eigenvalue weighted by Gasteiger charge is 2.34. The SMILES string of the molecule is CC(C)C(F)(CN)Cc1c(F)ccc(Br)c1F. The lowest BCUT2D eigenvalue weighted by atomic mass is 9.86. The molecule has 0 aliphatic carbocycles. The van der Waals surface area contributed by atoms with E-state index in [2.05, 4.69) is 15.9 Å². The molecule has 0 saturated heterocycles. The maximum atomic E-state index is 14.3. The van der Waals surface area contributed by atoms with E-state index >= 15 is 0 Å². The van der Waals surface area contributed by atoms with Crippen molar-refractivity contribution in [2.75, 3.05) is 6.54 Å². The monoisotopic (exact) mass is 309 g/mol. The number of rotatable bonds is 4. The zero-order chi connectivity index (χ0) is 13.2. The van der Waals surface area contributed by atoms with Crippen LogP contribution in [0.25, 0.3) is 0 Å². The van der Waals surface area contributed by atoms with Crippen LogP contribution >= 0.6 is 15.9 Å². The molecule has 0 aliphatic heterocycles. The van der Waals surface area contributed by atoms with Crippen LogP contribution in [-0.4, -0.2) is 12.2 Å². The van der Waals surface area contributed by atoms with Gasteiger partial charge >= 0.3 is 0 Å². The fourth-order valence-electron chi connectivity index (χ4n) is 1.54. The van der Waals surface area contributed by atoms with Crippen LogP contribution in [0.4, 0.5) is 13.2 Å². The minimum Gasteiger partial charge on any atom is -0.328 e. The van der Waals surface area contributed by atoms with Crippen LogP contribution in [-0.2, 0) is 6.42 Å². The molecule has 1 atom stereocenters. The highest BCUT2D eigenvalue weighted by Crippen LogP contribution is 2.30. The molecule has 0 saturated carbocycles. The summed E-state index contributed by atoms with van der Waals surface area (Å²) in [6, 6.07) is 2.37. The van der Waals surface area contributed by atoms with E-state index in [0.29, 0.717) is 0 Å². The number of halogens is 4. The molecule has 0 aromatic heterocycles. The summed E-state index contributed by atoms with van der Waals surface area (Å²) in [6.45, 7) is 3.01. The van der Waals surface area contributed by atoms with Crippen molar-refractivity contribution in [1.29, 1.82) is 0 Å². The first kappa shape index (κ1) is 14.5. The number of benzene rings is 1. The lowest BCUT2D eigenvalue weighted by Crippen LogP contribution is -2.41. The Morgan fingerprint density at radius 3 is 2.41 bits per heavy atom. The number of hydrogen-bond acceptors (Lipinski definition) is 1. The molecule has 0 fully saturated rings. The van der Waals surface area contributed by atoms with Crippen LogP contribution in [0.3, 0.4) is 0 Å². The molecule has 0 aliphatic rings. The molecule has 1 rings (SSSR count). The number of alkyl halides is 1. The van der Waals surface area contributed by atoms with Crippen molar-refractivity contribution in [3.8, 4) is 0 Å². The van der Waals surface area contributed by atoms with Crippen LogP contribution < -0.4 is 5.73 Å². The van der Waals surface area contributed by atoms with Crippen molar-refractivity contribution >= 4 is 15.9 Å². The summed E-state index contributed by atoms with van der Waals surface area (Å²) >= 11 is 2.95. The van der Waals surface area contributed by atoms with Crippen LogP contribution in [0.1, 0.15) is 19.4 Å². The third-order valence-electron chi connectivity index (χ3n) is 2.98. The highest BCUT2D eigenvalue weighted by molar-refractivity contribution is 9.10.